The molecule has 2 nitrogen and oxygen atoms in total. The van der Waals surface area contributed by atoms with Gasteiger partial charge in [-0.2, -0.15) is 12.8 Å². The normalized spacial score (nSPS) is 12.4. The van der Waals surface area contributed by atoms with Gasteiger partial charge < -0.3 is 19.4 Å². The van der Waals surface area contributed by atoms with Gasteiger partial charge in [0, 0.05) is 22.3 Å². The molecule has 1 heterocycles. The number of rotatable bonds is 26. The van der Waals surface area contributed by atoms with Gasteiger partial charge in [-0.05, 0) is 124 Å². The SMILES string of the molecule is CCCCCC1=C(c2cc(CCCCC)cc(CCCCC)c2)[N+](=[N-])C(c2cc(CCCCC)cc(CCCCC)c2)=C1CCCCC.[CH2-]CC.[CH2-]CC.[Ni+2]. The third kappa shape index (κ3) is 20.3. The summed E-state index contributed by atoms with van der Waals surface area (Å²) >= 11 is 0. The molecule has 2 aromatic carbocycles. The first-order chi connectivity index (χ1) is 26.3. The maximum absolute atomic E-state index is 12.5. The van der Waals surface area contributed by atoms with Gasteiger partial charge in [0.2, 0.25) is 11.4 Å². The molecule has 314 valence electrons. The Kier molecular flexibility index (Phi) is 32.9. The van der Waals surface area contributed by atoms with Gasteiger partial charge in [-0.25, -0.2) is 4.70 Å². The van der Waals surface area contributed by atoms with E-state index in [1.807, 2.05) is 13.8 Å². The van der Waals surface area contributed by atoms with E-state index >= 15 is 0 Å². The van der Waals surface area contributed by atoms with Crippen LogP contribution in [0.5, 0.6) is 0 Å². The molecule has 0 amide bonds. The summed E-state index contributed by atoms with van der Waals surface area (Å²) in [7, 11) is 0. The van der Waals surface area contributed by atoms with Crippen molar-refractivity contribution in [2.24, 2.45) is 0 Å². The Labute approximate surface area is 353 Å². The average molecular weight is 798 g/mol. The molecule has 0 spiro atoms. The molecular weight excluding hydrogens is 711 g/mol. The van der Waals surface area contributed by atoms with E-state index in [0.717, 1.165) is 62.8 Å². The van der Waals surface area contributed by atoms with Crippen LogP contribution in [0.2, 0.25) is 0 Å². The van der Waals surface area contributed by atoms with Crippen LogP contribution in [0.4, 0.5) is 0 Å². The Balaban J connectivity index is 0.00000390. The summed E-state index contributed by atoms with van der Waals surface area (Å²) in [4.78, 5) is 0. The van der Waals surface area contributed by atoms with Crippen LogP contribution in [0.15, 0.2) is 47.5 Å². The zero-order valence-corrected chi connectivity index (χ0v) is 38.5. The molecule has 2 aromatic rings. The largest absolute Gasteiger partial charge is 2.00 e. The van der Waals surface area contributed by atoms with Gasteiger partial charge in [-0.3, -0.25) is 0 Å². The third-order valence-corrected chi connectivity index (χ3v) is 10.3. The first-order valence-corrected chi connectivity index (χ1v) is 23.1. The fraction of sp³-hybridized carbons (Fsp3) is 0.654. The Morgan fingerprint density at radius 3 is 0.818 bits per heavy atom. The van der Waals surface area contributed by atoms with E-state index in [1.54, 1.807) is 4.70 Å². The molecule has 3 heteroatoms. The van der Waals surface area contributed by atoms with E-state index in [1.165, 1.54) is 160 Å². The van der Waals surface area contributed by atoms with Gasteiger partial charge in [0.1, 0.15) is 0 Å². The number of hydrogen-bond donors (Lipinski definition) is 0. The second kappa shape index (κ2) is 34.1. The van der Waals surface area contributed by atoms with Crippen LogP contribution in [0.25, 0.3) is 16.9 Å². The minimum Gasteiger partial charge on any atom is -0.493 e. The standard InChI is InChI=1S/C46H72N2.2C3H7.Ni/c1-7-13-19-25-37-31-38(26-20-14-8-2)34-41(33-37)45-43(29-23-17-11-5)44(30-24-18-12-6)46(48(45)47)42-35-39(27-21-15-9-3)32-40(36-42)28-22-16-10-4;2*1-3-2;/h31-36H,7-30H2,1-6H3;2*1,3H2,2H3;/q;2*-1;+2. The maximum atomic E-state index is 12.5. The summed E-state index contributed by atoms with van der Waals surface area (Å²) in [5.74, 6) is 0. The monoisotopic (exact) mass is 797 g/mol. The molecule has 3 rings (SSSR count). The van der Waals surface area contributed by atoms with E-state index in [9.17, 15) is 5.53 Å². The van der Waals surface area contributed by atoms with E-state index in [0.29, 0.717) is 0 Å². The molecule has 0 saturated heterocycles. The molecule has 0 bridgehead atoms. The molecule has 0 aliphatic carbocycles. The first-order valence-electron chi connectivity index (χ1n) is 23.1. The predicted octanol–water partition coefficient (Wildman–Crippen LogP) is 17.4. The molecule has 0 radical (unpaired) electrons. The van der Waals surface area contributed by atoms with Crippen molar-refractivity contribution in [3.63, 3.8) is 0 Å². The summed E-state index contributed by atoms with van der Waals surface area (Å²) in [6, 6.07) is 14.7. The fourth-order valence-corrected chi connectivity index (χ4v) is 7.58. The predicted molar refractivity (Wildman–Crippen MR) is 243 cm³/mol. The second-order valence-electron chi connectivity index (χ2n) is 15.8. The van der Waals surface area contributed by atoms with Crippen molar-refractivity contribution in [3.8, 4) is 0 Å². The molecule has 0 saturated carbocycles. The van der Waals surface area contributed by atoms with Crippen molar-refractivity contribution in [2.45, 2.75) is 222 Å². The minimum atomic E-state index is 0. The van der Waals surface area contributed by atoms with Crippen molar-refractivity contribution in [1.29, 1.82) is 0 Å². The van der Waals surface area contributed by atoms with Gasteiger partial charge in [0.25, 0.3) is 0 Å². The van der Waals surface area contributed by atoms with Crippen molar-refractivity contribution in [2.75, 3.05) is 0 Å². The number of nitrogens with zero attached hydrogens (tertiary/aromatic N) is 2. The van der Waals surface area contributed by atoms with E-state index in [2.05, 4.69) is 91.8 Å². The Hall–Kier alpha value is -1.99. The van der Waals surface area contributed by atoms with Crippen molar-refractivity contribution in [3.05, 3.63) is 100 Å². The molecule has 0 atom stereocenters. The summed E-state index contributed by atoms with van der Waals surface area (Å²) in [6.07, 6.45) is 30.8. The van der Waals surface area contributed by atoms with Crippen LogP contribution < -0.4 is 0 Å². The Bertz CT molecular complexity index is 1190. The quantitative estimate of drug-likeness (QED) is 0.0392. The maximum Gasteiger partial charge on any atom is 2.00 e. The molecule has 1 aliphatic rings. The molecule has 0 unspecified atom stereocenters. The van der Waals surface area contributed by atoms with Gasteiger partial charge in [-0.1, -0.05) is 145 Å². The smallest absolute Gasteiger partial charge is 0.493 e. The van der Waals surface area contributed by atoms with Gasteiger partial charge in [0.15, 0.2) is 0 Å². The van der Waals surface area contributed by atoms with Crippen LogP contribution in [-0.2, 0) is 42.2 Å². The van der Waals surface area contributed by atoms with Crippen molar-refractivity contribution >= 4 is 11.4 Å². The fourth-order valence-electron chi connectivity index (χ4n) is 7.58. The molecule has 0 aromatic heterocycles. The van der Waals surface area contributed by atoms with E-state index in [-0.39, 0.29) is 16.5 Å². The topological polar surface area (TPSA) is 25.3 Å². The van der Waals surface area contributed by atoms with Crippen LogP contribution in [0.1, 0.15) is 230 Å². The number of aryl methyl sites for hydroxylation is 4. The second-order valence-corrected chi connectivity index (χ2v) is 15.8. The van der Waals surface area contributed by atoms with E-state index < -0.39 is 0 Å². The minimum absolute atomic E-state index is 0. The van der Waals surface area contributed by atoms with Crippen LogP contribution >= 0.6 is 0 Å². The molecular formula is C52H86N2Ni. The number of benzene rings is 2. The Morgan fingerprint density at radius 2 is 0.600 bits per heavy atom. The molecule has 55 heavy (non-hydrogen) atoms. The number of allylic oxidation sites excluding steroid dienone is 2. The van der Waals surface area contributed by atoms with Crippen LogP contribution in [-0.4, -0.2) is 4.70 Å². The van der Waals surface area contributed by atoms with E-state index in [4.69, 9.17) is 0 Å². The van der Waals surface area contributed by atoms with Gasteiger partial charge >= 0.3 is 16.5 Å². The first kappa shape index (κ1) is 53.0. The summed E-state index contributed by atoms with van der Waals surface area (Å²) in [6.45, 7) is 24.8. The van der Waals surface area contributed by atoms with Gasteiger partial charge in [-0.15, -0.1) is 0 Å². The number of hydrogen-bond acceptors (Lipinski definition) is 0. The number of unbranched alkanes of at least 4 members (excludes halogenated alkanes) is 12. The van der Waals surface area contributed by atoms with Gasteiger partial charge in [0.05, 0.1) is 0 Å². The molecule has 0 N–H and O–H groups in total. The zero-order valence-electron chi connectivity index (χ0n) is 37.5. The average Bonchev–Trinajstić information content (AvgIpc) is 3.43. The molecule has 1 aliphatic heterocycles. The van der Waals surface area contributed by atoms with Crippen LogP contribution in [0, 0.1) is 13.8 Å². The molecule has 0 fully saturated rings. The van der Waals surface area contributed by atoms with Crippen molar-refractivity contribution < 1.29 is 21.2 Å². The van der Waals surface area contributed by atoms with Crippen LogP contribution in [0.3, 0.4) is 0 Å². The summed E-state index contributed by atoms with van der Waals surface area (Å²) < 4.78 is 1.67. The Morgan fingerprint density at radius 1 is 0.382 bits per heavy atom. The summed E-state index contributed by atoms with van der Waals surface area (Å²) in [5, 5.41) is 0. The zero-order chi connectivity index (χ0) is 40.0. The third-order valence-electron chi connectivity index (χ3n) is 10.3. The summed E-state index contributed by atoms with van der Waals surface area (Å²) in [5.41, 5.74) is 25.7. The van der Waals surface area contributed by atoms with Crippen molar-refractivity contribution in [1.82, 2.24) is 0 Å².